The lowest BCUT2D eigenvalue weighted by molar-refractivity contribution is -0.115. The molecule has 3 heterocycles. The number of nitrogens with zero attached hydrogens (tertiary/aromatic N) is 3. The van der Waals surface area contributed by atoms with Gasteiger partial charge in [-0.05, 0) is 59.8 Å². The van der Waals surface area contributed by atoms with Crippen molar-refractivity contribution in [3.8, 4) is 0 Å². The van der Waals surface area contributed by atoms with E-state index in [2.05, 4.69) is 20.3 Å². The molecule has 1 aromatic carbocycles. The molecule has 1 saturated heterocycles. The molecule has 1 amide bonds. The monoisotopic (exact) mass is 398 g/mol. The van der Waals surface area contributed by atoms with E-state index in [0.717, 1.165) is 11.0 Å². The van der Waals surface area contributed by atoms with Gasteiger partial charge in [-0.25, -0.2) is 9.37 Å². The summed E-state index contributed by atoms with van der Waals surface area (Å²) in [7, 11) is 0. The normalized spacial score (nSPS) is 17.0. The molecule has 0 spiro atoms. The maximum Gasteiger partial charge on any atom is 0.264 e. The van der Waals surface area contributed by atoms with E-state index in [0.29, 0.717) is 26.4 Å². The van der Waals surface area contributed by atoms with Crippen LogP contribution in [-0.4, -0.2) is 21.0 Å². The van der Waals surface area contributed by atoms with E-state index in [4.69, 9.17) is 11.6 Å². The first-order chi connectivity index (χ1) is 13.1. The maximum absolute atomic E-state index is 13.1. The van der Waals surface area contributed by atoms with Gasteiger partial charge >= 0.3 is 0 Å². The summed E-state index contributed by atoms with van der Waals surface area (Å²) in [6.45, 7) is 0.245. The molecule has 1 aliphatic rings. The van der Waals surface area contributed by atoms with Crippen molar-refractivity contribution in [1.29, 1.82) is 0 Å². The average Bonchev–Trinajstić information content (AvgIpc) is 3.00. The molecule has 5 nitrogen and oxygen atoms in total. The van der Waals surface area contributed by atoms with E-state index in [1.54, 1.807) is 18.3 Å². The van der Waals surface area contributed by atoms with Gasteiger partial charge in [-0.2, -0.15) is 0 Å². The van der Waals surface area contributed by atoms with E-state index in [-0.39, 0.29) is 12.5 Å². The third-order valence-electron chi connectivity index (χ3n) is 3.82. The summed E-state index contributed by atoms with van der Waals surface area (Å²) >= 11 is 7.22. The predicted molar refractivity (Wildman–Crippen MR) is 106 cm³/mol. The minimum Gasteiger partial charge on any atom is -0.301 e. The number of aliphatic imine (C=N–C) groups is 1. The zero-order valence-corrected chi connectivity index (χ0v) is 15.4. The average molecular weight is 399 g/mol. The third kappa shape index (κ3) is 3.99. The number of thioether (sulfide) groups is 1. The van der Waals surface area contributed by atoms with E-state index >= 15 is 0 Å². The molecule has 1 fully saturated rings. The number of rotatable bonds is 3. The Morgan fingerprint density at radius 1 is 1.22 bits per heavy atom. The van der Waals surface area contributed by atoms with Crippen LogP contribution < -0.4 is 5.32 Å². The number of amides is 1. The summed E-state index contributed by atoms with van der Waals surface area (Å²) in [5.41, 5.74) is 2.90. The van der Waals surface area contributed by atoms with Crippen molar-refractivity contribution in [2.75, 3.05) is 0 Å². The minimum atomic E-state index is -0.400. The standard InChI is InChI=1S/C19H12ClFN4OS/c20-14-8-12(21)4-3-11(14)10-23-19-25-18(26)17(27-19)9-13-5-6-15-16(24-13)2-1-7-22-15/h1-9H,10H2,(H,23,25,26). The van der Waals surface area contributed by atoms with Gasteiger partial charge in [0.2, 0.25) is 0 Å². The number of halogens is 2. The molecule has 2 aromatic heterocycles. The van der Waals surface area contributed by atoms with Crippen LogP contribution in [0.1, 0.15) is 11.3 Å². The zero-order chi connectivity index (χ0) is 18.8. The molecule has 0 unspecified atom stereocenters. The number of hydrogen-bond acceptors (Lipinski definition) is 5. The number of carbonyl (C=O) groups excluding carboxylic acids is 1. The maximum atomic E-state index is 13.1. The highest BCUT2D eigenvalue weighted by Crippen LogP contribution is 2.27. The number of carbonyl (C=O) groups is 1. The van der Waals surface area contributed by atoms with Crippen LogP contribution in [0.3, 0.4) is 0 Å². The lowest BCUT2D eigenvalue weighted by atomic mass is 10.2. The fourth-order valence-corrected chi connectivity index (χ4v) is 3.53. The summed E-state index contributed by atoms with van der Waals surface area (Å²) in [6, 6.07) is 11.5. The van der Waals surface area contributed by atoms with E-state index in [1.807, 2.05) is 24.3 Å². The van der Waals surface area contributed by atoms with Gasteiger partial charge in [0.1, 0.15) is 5.82 Å². The molecule has 8 heteroatoms. The van der Waals surface area contributed by atoms with Crippen LogP contribution in [0.15, 0.2) is 58.6 Å². The quantitative estimate of drug-likeness (QED) is 0.672. The molecular weight excluding hydrogens is 387 g/mol. The topological polar surface area (TPSA) is 67.2 Å². The summed E-state index contributed by atoms with van der Waals surface area (Å²) in [6.07, 6.45) is 3.42. The van der Waals surface area contributed by atoms with Crippen LogP contribution in [0, 0.1) is 5.82 Å². The van der Waals surface area contributed by atoms with Gasteiger partial charge in [-0.15, -0.1) is 0 Å². The van der Waals surface area contributed by atoms with Crippen molar-refractivity contribution >= 4 is 51.5 Å². The molecule has 3 aromatic rings. The van der Waals surface area contributed by atoms with Gasteiger partial charge < -0.3 is 5.32 Å². The van der Waals surface area contributed by atoms with Gasteiger partial charge in [0.05, 0.1) is 28.2 Å². The van der Waals surface area contributed by atoms with E-state index in [1.165, 1.54) is 23.9 Å². The van der Waals surface area contributed by atoms with Crippen molar-refractivity contribution in [3.05, 3.63) is 75.7 Å². The van der Waals surface area contributed by atoms with E-state index < -0.39 is 5.82 Å². The van der Waals surface area contributed by atoms with Crippen LogP contribution in [0.25, 0.3) is 17.1 Å². The van der Waals surface area contributed by atoms with Crippen LogP contribution in [-0.2, 0) is 11.3 Å². The Kier molecular flexibility index (Phi) is 4.87. The van der Waals surface area contributed by atoms with E-state index in [9.17, 15) is 9.18 Å². The number of nitrogens with one attached hydrogen (secondary N) is 1. The van der Waals surface area contributed by atoms with Gasteiger partial charge in [0.15, 0.2) is 5.17 Å². The molecule has 1 aliphatic heterocycles. The summed E-state index contributed by atoms with van der Waals surface area (Å²) in [5.74, 6) is -0.639. The Balaban J connectivity index is 1.53. The smallest absolute Gasteiger partial charge is 0.264 e. The molecular formula is C19H12ClFN4OS. The van der Waals surface area contributed by atoms with Gasteiger partial charge in [-0.1, -0.05) is 17.7 Å². The lowest BCUT2D eigenvalue weighted by Crippen LogP contribution is -2.19. The fraction of sp³-hybridized carbons (Fsp3) is 0.0526. The van der Waals surface area contributed by atoms with Gasteiger partial charge in [-0.3, -0.25) is 14.8 Å². The second-order valence-electron chi connectivity index (χ2n) is 5.70. The number of hydrogen-bond donors (Lipinski definition) is 1. The molecule has 0 bridgehead atoms. The minimum absolute atomic E-state index is 0.239. The summed E-state index contributed by atoms with van der Waals surface area (Å²) < 4.78 is 13.1. The fourth-order valence-electron chi connectivity index (χ4n) is 2.50. The molecule has 0 aliphatic carbocycles. The predicted octanol–water partition coefficient (Wildman–Crippen LogP) is 4.18. The van der Waals surface area contributed by atoms with Crippen LogP contribution >= 0.6 is 23.4 Å². The highest BCUT2D eigenvalue weighted by atomic mass is 35.5. The second kappa shape index (κ2) is 7.46. The second-order valence-corrected chi connectivity index (χ2v) is 7.14. The van der Waals surface area contributed by atoms with Crippen molar-refractivity contribution < 1.29 is 9.18 Å². The number of benzene rings is 1. The van der Waals surface area contributed by atoms with Crippen molar-refractivity contribution in [1.82, 2.24) is 15.3 Å². The highest BCUT2D eigenvalue weighted by Gasteiger charge is 2.23. The van der Waals surface area contributed by atoms with Crippen molar-refractivity contribution in [2.45, 2.75) is 6.54 Å². The first kappa shape index (κ1) is 17.6. The number of aromatic nitrogens is 2. The molecule has 0 atom stereocenters. The number of pyridine rings is 2. The van der Waals surface area contributed by atoms with Crippen LogP contribution in [0.5, 0.6) is 0 Å². The highest BCUT2D eigenvalue weighted by molar-refractivity contribution is 8.18. The largest absolute Gasteiger partial charge is 0.301 e. The molecule has 0 saturated carbocycles. The SMILES string of the molecule is O=C1NC(=NCc2ccc(F)cc2Cl)SC1=Cc1ccc2ncccc2n1. The third-order valence-corrected chi connectivity index (χ3v) is 5.12. The number of fused-ring (bicyclic) bond motifs is 1. The van der Waals surface area contributed by atoms with Gasteiger partial charge in [0.25, 0.3) is 5.91 Å². The van der Waals surface area contributed by atoms with Crippen LogP contribution in [0.2, 0.25) is 5.02 Å². The number of amidine groups is 1. The Bertz CT molecular complexity index is 1120. The Morgan fingerprint density at radius 2 is 2.11 bits per heavy atom. The Labute approximate surface area is 163 Å². The summed E-state index contributed by atoms with van der Waals surface area (Å²) in [4.78, 5) is 25.7. The molecule has 27 heavy (non-hydrogen) atoms. The first-order valence-electron chi connectivity index (χ1n) is 7.99. The van der Waals surface area contributed by atoms with Crippen molar-refractivity contribution in [2.24, 2.45) is 4.99 Å². The molecule has 1 N–H and O–H groups in total. The zero-order valence-electron chi connectivity index (χ0n) is 13.8. The summed E-state index contributed by atoms with van der Waals surface area (Å²) in [5, 5.41) is 3.48. The molecule has 134 valence electrons. The molecule has 4 rings (SSSR count). The Hall–Kier alpha value is -2.77. The Morgan fingerprint density at radius 3 is 2.96 bits per heavy atom. The molecule has 0 radical (unpaired) electrons. The van der Waals surface area contributed by atoms with Gasteiger partial charge in [0, 0.05) is 11.2 Å². The van der Waals surface area contributed by atoms with Crippen LogP contribution in [0.4, 0.5) is 4.39 Å². The lowest BCUT2D eigenvalue weighted by Gasteiger charge is -2.01. The van der Waals surface area contributed by atoms with Crippen molar-refractivity contribution in [3.63, 3.8) is 0 Å². The first-order valence-corrected chi connectivity index (χ1v) is 9.19.